The lowest BCUT2D eigenvalue weighted by Gasteiger charge is -2.41. The Morgan fingerprint density at radius 2 is 1.86 bits per heavy atom. The Labute approximate surface area is 212 Å². The molecule has 2 bridgehead atoms. The Kier molecular flexibility index (Phi) is 7.01. The van der Waals surface area contributed by atoms with Crippen LogP contribution in [-0.4, -0.2) is 62.0 Å². The van der Waals surface area contributed by atoms with Crippen molar-refractivity contribution in [3.63, 3.8) is 0 Å². The molecule has 3 heterocycles. The number of thioether (sulfide) groups is 1. The molecule has 7 atom stereocenters. The van der Waals surface area contributed by atoms with Gasteiger partial charge >= 0.3 is 0 Å². The fourth-order valence-electron chi connectivity index (χ4n) is 6.38. The first kappa shape index (κ1) is 26.0. The van der Waals surface area contributed by atoms with E-state index in [9.17, 15) is 19.5 Å². The van der Waals surface area contributed by atoms with Crippen LogP contribution < -0.4 is 10.6 Å². The number of aliphatic hydroxyl groups is 1. The number of fused-ring (bicyclic) bond motifs is 1. The van der Waals surface area contributed by atoms with Crippen LogP contribution in [0.1, 0.15) is 53.5 Å². The van der Waals surface area contributed by atoms with Crippen molar-refractivity contribution in [1.29, 1.82) is 0 Å². The van der Waals surface area contributed by atoms with E-state index >= 15 is 0 Å². The number of nitrogens with one attached hydrogen (secondary N) is 2. The van der Waals surface area contributed by atoms with Crippen molar-refractivity contribution in [2.45, 2.75) is 82.1 Å². The number of hydrogen-bond donors (Lipinski definition) is 3. The van der Waals surface area contributed by atoms with Gasteiger partial charge in [0, 0.05) is 17.3 Å². The molecule has 1 aromatic rings. The lowest BCUT2D eigenvalue weighted by Crippen LogP contribution is -2.61. The average molecular weight is 502 g/mol. The van der Waals surface area contributed by atoms with Crippen molar-refractivity contribution in [2.75, 3.05) is 6.61 Å². The summed E-state index contributed by atoms with van der Waals surface area (Å²) in [5.74, 6) is -1.51. The van der Waals surface area contributed by atoms with Gasteiger partial charge in [-0.1, -0.05) is 51.1 Å². The Hall–Kier alpha value is -2.06. The third kappa shape index (κ3) is 4.37. The molecule has 0 aliphatic carbocycles. The zero-order valence-electron chi connectivity index (χ0n) is 21.6. The lowest BCUT2D eigenvalue weighted by atomic mass is 9.65. The summed E-state index contributed by atoms with van der Waals surface area (Å²) >= 11 is 1.66. The van der Waals surface area contributed by atoms with E-state index in [0.29, 0.717) is 6.54 Å². The van der Waals surface area contributed by atoms with Gasteiger partial charge in [0.05, 0.1) is 29.2 Å². The molecule has 3 N–H and O–H groups in total. The molecule has 0 saturated carbocycles. The highest BCUT2D eigenvalue weighted by Gasteiger charge is 2.76. The quantitative estimate of drug-likeness (QED) is 0.533. The summed E-state index contributed by atoms with van der Waals surface area (Å²) in [6.07, 6.45) is 0.788. The molecule has 3 saturated heterocycles. The molecule has 0 radical (unpaired) electrons. The van der Waals surface area contributed by atoms with Crippen molar-refractivity contribution in [3.05, 3.63) is 35.9 Å². The Bertz CT molecular complexity index is 978. The maximum atomic E-state index is 14.1. The van der Waals surface area contributed by atoms with Crippen LogP contribution in [0, 0.1) is 23.7 Å². The van der Waals surface area contributed by atoms with E-state index in [-0.39, 0.29) is 41.4 Å². The summed E-state index contributed by atoms with van der Waals surface area (Å²) in [7, 11) is 0. The zero-order chi connectivity index (χ0) is 25.7. The molecule has 3 amide bonds. The van der Waals surface area contributed by atoms with Crippen LogP contribution in [0.15, 0.2) is 30.3 Å². The third-order valence-corrected chi connectivity index (χ3v) is 9.93. The van der Waals surface area contributed by atoms with Crippen LogP contribution in [-0.2, 0) is 20.9 Å². The molecular weight excluding hydrogens is 462 g/mol. The molecule has 7 nitrogen and oxygen atoms in total. The second-order valence-electron chi connectivity index (χ2n) is 11.7. The minimum atomic E-state index is -0.726. The molecule has 192 valence electrons. The smallest absolute Gasteiger partial charge is 0.244 e. The van der Waals surface area contributed by atoms with E-state index in [1.165, 1.54) is 0 Å². The molecule has 8 heteroatoms. The lowest BCUT2D eigenvalue weighted by molar-refractivity contribution is -0.144. The zero-order valence-corrected chi connectivity index (χ0v) is 22.4. The van der Waals surface area contributed by atoms with Gasteiger partial charge in [-0.25, -0.2) is 0 Å². The number of likely N-dealkylation sites (tertiary alicyclic amines) is 1. The number of carbonyl (C=O) groups excluding carboxylic acids is 3. The van der Waals surface area contributed by atoms with Gasteiger partial charge in [0.2, 0.25) is 17.7 Å². The topological polar surface area (TPSA) is 98.7 Å². The van der Waals surface area contributed by atoms with Crippen LogP contribution in [0.4, 0.5) is 0 Å². The predicted octanol–water partition coefficient (Wildman–Crippen LogP) is 2.57. The molecule has 3 aliphatic heterocycles. The van der Waals surface area contributed by atoms with E-state index in [1.54, 1.807) is 16.7 Å². The molecular formula is C27H39N3O4S. The standard InChI is InChI=1S/C27H39N3O4S/c1-15(2)18(14-31)30-22(24(33)29-26(4,5)6)27-16(3)12-19(35-27)20(21(27)25(30)34)23(32)28-13-17-10-8-7-9-11-17/h7-11,15-16,18-22,31H,12-14H2,1-6H3,(H,28,32)(H,29,33)/t16?,18-,19+,20-,21-,22?,27?/m0/s1. The summed E-state index contributed by atoms with van der Waals surface area (Å²) in [6, 6.07) is 8.51. The van der Waals surface area contributed by atoms with Gasteiger partial charge in [0.1, 0.15) is 6.04 Å². The van der Waals surface area contributed by atoms with Crippen LogP contribution in [0.2, 0.25) is 0 Å². The maximum Gasteiger partial charge on any atom is 0.244 e. The fraction of sp³-hybridized carbons (Fsp3) is 0.667. The number of benzene rings is 1. The Morgan fingerprint density at radius 1 is 1.20 bits per heavy atom. The van der Waals surface area contributed by atoms with E-state index in [0.717, 1.165) is 12.0 Å². The summed E-state index contributed by atoms with van der Waals surface area (Å²) in [6.45, 7) is 12.0. The van der Waals surface area contributed by atoms with Gasteiger partial charge < -0.3 is 20.6 Å². The molecule has 3 unspecified atom stereocenters. The third-order valence-electron chi connectivity index (χ3n) is 7.86. The summed E-state index contributed by atoms with van der Waals surface area (Å²) < 4.78 is -0.686. The van der Waals surface area contributed by atoms with Crippen molar-refractivity contribution in [2.24, 2.45) is 23.7 Å². The normalized spacial score (nSPS) is 32.6. The van der Waals surface area contributed by atoms with E-state index in [4.69, 9.17) is 0 Å². The molecule has 1 spiro atoms. The van der Waals surface area contributed by atoms with Gasteiger partial charge in [0.15, 0.2) is 0 Å². The number of hydrogen-bond acceptors (Lipinski definition) is 5. The first-order chi connectivity index (χ1) is 16.4. The van der Waals surface area contributed by atoms with Crippen LogP contribution in [0.5, 0.6) is 0 Å². The number of aliphatic hydroxyl groups excluding tert-OH is 1. The van der Waals surface area contributed by atoms with Gasteiger partial charge in [-0.3, -0.25) is 14.4 Å². The second-order valence-corrected chi connectivity index (χ2v) is 13.3. The average Bonchev–Trinajstić information content (AvgIpc) is 3.36. The Balaban J connectivity index is 1.71. The highest BCUT2D eigenvalue weighted by atomic mass is 32.2. The SMILES string of the molecule is CC(C)[C@H](CO)N1C(=O)[C@@H]2[C@@H](C(=O)NCc3ccccc3)[C@H]3CC(C)C2(S3)C1C(=O)NC(C)(C)C. The van der Waals surface area contributed by atoms with Gasteiger partial charge in [-0.05, 0) is 44.6 Å². The van der Waals surface area contributed by atoms with Crippen LogP contribution >= 0.6 is 11.8 Å². The largest absolute Gasteiger partial charge is 0.394 e. The molecule has 3 aliphatic rings. The summed E-state index contributed by atoms with van der Waals surface area (Å²) in [5, 5.41) is 16.4. The molecule has 1 aromatic carbocycles. The highest BCUT2D eigenvalue weighted by molar-refractivity contribution is 8.02. The number of nitrogens with zero attached hydrogens (tertiary/aromatic N) is 1. The van der Waals surface area contributed by atoms with Crippen molar-refractivity contribution in [1.82, 2.24) is 15.5 Å². The Morgan fingerprint density at radius 3 is 2.43 bits per heavy atom. The maximum absolute atomic E-state index is 14.1. The van der Waals surface area contributed by atoms with Crippen molar-refractivity contribution < 1.29 is 19.5 Å². The van der Waals surface area contributed by atoms with Gasteiger partial charge in [0.25, 0.3) is 0 Å². The predicted molar refractivity (Wildman–Crippen MR) is 137 cm³/mol. The minimum Gasteiger partial charge on any atom is -0.394 e. The molecule has 35 heavy (non-hydrogen) atoms. The fourth-order valence-corrected chi connectivity index (χ4v) is 8.79. The van der Waals surface area contributed by atoms with Crippen LogP contribution in [0.3, 0.4) is 0 Å². The second kappa shape index (κ2) is 9.43. The van der Waals surface area contributed by atoms with Crippen molar-refractivity contribution >= 4 is 29.5 Å². The first-order valence-electron chi connectivity index (χ1n) is 12.7. The van der Waals surface area contributed by atoms with E-state index in [2.05, 4.69) is 17.6 Å². The van der Waals surface area contributed by atoms with Gasteiger partial charge in [-0.15, -0.1) is 11.8 Å². The number of amides is 3. The highest BCUT2D eigenvalue weighted by Crippen LogP contribution is 2.68. The van der Waals surface area contributed by atoms with Gasteiger partial charge in [-0.2, -0.15) is 0 Å². The summed E-state index contributed by atoms with van der Waals surface area (Å²) in [5.41, 5.74) is 0.533. The molecule has 3 fully saturated rings. The molecule has 4 rings (SSSR count). The number of rotatable bonds is 7. The van der Waals surface area contributed by atoms with Crippen LogP contribution in [0.25, 0.3) is 0 Å². The van der Waals surface area contributed by atoms with Crippen molar-refractivity contribution in [3.8, 4) is 0 Å². The van der Waals surface area contributed by atoms with E-state index in [1.807, 2.05) is 65.0 Å². The summed E-state index contributed by atoms with van der Waals surface area (Å²) in [4.78, 5) is 43.1. The monoisotopic (exact) mass is 501 g/mol. The minimum absolute atomic E-state index is 0.00608. The first-order valence-corrected chi connectivity index (χ1v) is 13.5. The number of carbonyl (C=O) groups is 3. The molecule has 0 aromatic heterocycles. The van der Waals surface area contributed by atoms with E-state index < -0.39 is 34.2 Å².